The molecule has 0 atom stereocenters. The molecule has 0 fully saturated rings. The lowest BCUT2D eigenvalue weighted by Crippen LogP contribution is -2.22. The van der Waals surface area contributed by atoms with E-state index < -0.39 is 0 Å². The first-order valence-electron chi connectivity index (χ1n) is 5.03. The molecule has 0 unspecified atom stereocenters. The normalized spacial score (nSPS) is 11.2. The molecular weight excluding hydrogens is 232 g/mol. The number of nitrogens with zero attached hydrogens (tertiary/aromatic N) is 2. The number of benzene rings is 1. The highest BCUT2D eigenvalue weighted by molar-refractivity contribution is 7.12. The van der Waals surface area contributed by atoms with Gasteiger partial charge in [-0.3, -0.25) is 0 Å². The first kappa shape index (κ1) is 11.3. The van der Waals surface area contributed by atoms with E-state index in [2.05, 4.69) is 10.2 Å². The van der Waals surface area contributed by atoms with Crippen molar-refractivity contribution in [1.82, 2.24) is 0 Å². The number of nitrogens with two attached hydrogens (primary N) is 2. The Kier molecular flexibility index (Phi) is 3.52. The molecule has 86 valence electrons. The first-order valence-corrected chi connectivity index (χ1v) is 5.91. The van der Waals surface area contributed by atoms with Gasteiger partial charge in [0, 0.05) is 5.56 Å². The molecule has 0 aliphatic heterocycles. The monoisotopic (exact) mass is 244 g/mol. The molecule has 1 aromatic carbocycles. The van der Waals surface area contributed by atoms with Crippen molar-refractivity contribution in [1.29, 1.82) is 0 Å². The van der Waals surface area contributed by atoms with Gasteiger partial charge >= 0.3 is 0 Å². The highest BCUT2D eigenvalue weighted by Crippen LogP contribution is 2.16. The summed E-state index contributed by atoms with van der Waals surface area (Å²) in [6.07, 6.45) is 0. The molecule has 1 heterocycles. The summed E-state index contributed by atoms with van der Waals surface area (Å²) >= 11 is 1.60. The smallest absolute Gasteiger partial charge is 0.211 e. The van der Waals surface area contributed by atoms with Gasteiger partial charge in [-0.25, -0.2) is 0 Å². The van der Waals surface area contributed by atoms with Crippen molar-refractivity contribution in [3.05, 3.63) is 58.3 Å². The van der Waals surface area contributed by atoms with E-state index in [0.717, 1.165) is 16.2 Å². The van der Waals surface area contributed by atoms with Gasteiger partial charge in [0.1, 0.15) is 5.71 Å². The molecule has 17 heavy (non-hydrogen) atoms. The third-order valence-electron chi connectivity index (χ3n) is 2.07. The fourth-order valence-electron chi connectivity index (χ4n) is 1.37. The van der Waals surface area contributed by atoms with Crippen LogP contribution in [0.15, 0.2) is 58.0 Å². The Labute approximate surface area is 103 Å². The van der Waals surface area contributed by atoms with Gasteiger partial charge in [0.05, 0.1) is 4.88 Å². The van der Waals surface area contributed by atoms with E-state index >= 15 is 0 Å². The van der Waals surface area contributed by atoms with E-state index in [1.807, 2.05) is 47.8 Å². The van der Waals surface area contributed by atoms with Crippen molar-refractivity contribution in [2.75, 3.05) is 0 Å². The molecule has 0 saturated carbocycles. The van der Waals surface area contributed by atoms with E-state index in [0.29, 0.717) is 0 Å². The first-order chi connectivity index (χ1) is 8.27. The molecule has 2 rings (SSSR count). The lowest BCUT2D eigenvalue weighted by atomic mass is 10.1. The topological polar surface area (TPSA) is 76.8 Å². The number of hydrogen-bond acceptors (Lipinski definition) is 3. The maximum Gasteiger partial charge on any atom is 0.211 e. The highest BCUT2D eigenvalue weighted by atomic mass is 32.1. The third-order valence-corrected chi connectivity index (χ3v) is 2.94. The van der Waals surface area contributed by atoms with Crippen LogP contribution >= 0.6 is 11.3 Å². The van der Waals surface area contributed by atoms with Crippen LogP contribution in [0.2, 0.25) is 0 Å². The molecule has 2 aromatic rings. The van der Waals surface area contributed by atoms with E-state index in [1.165, 1.54) is 0 Å². The predicted molar refractivity (Wildman–Crippen MR) is 72.2 cm³/mol. The van der Waals surface area contributed by atoms with Gasteiger partial charge in [-0.1, -0.05) is 36.4 Å². The fraction of sp³-hybridized carbons (Fsp3) is 0. The van der Waals surface area contributed by atoms with E-state index in [9.17, 15) is 0 Å². The summed E-state index contributed by atoms with van der Waals surface area (Å²) < 4.78 is 0. The third kappa shape index (κ3) is 2.92. The second kappa shape index (κ2) is 5.27. The summed E-state index contributed by atoms with van der Waals surface area (Å²) in [4.78, 5) is 1.03. The second-order valence-electron chi connectivity index (χ2n) is 3.32. The Hall–Kier alpha value is -2.14. The van der Waals surface area contributed by atoms with Crippen molar-refractivity contribution in [3.63, 3.8) is 0 Å². The average Bonchev–Trinajstić information content (AvgIpc) is 2.84. The van der Waals surface area contributed by atoms with Crippen molar-refractivity contribution in [3.8, 4) is 0 Å². The quantitative estimate of drug-likeness (QED) is 0.490. The van der Waals surface area contributed by atoms with Crippen LogP contribution in [0.4, 0.5) is 0 Å². The van der Waals surface area contributed by atoms with Crippen LogP contribution in [0.1, 0.15) is 10.4 Å². The fourth-order valence-corrected chi connectivity index (χ4v) is 2.10. The number of rotatable bonds is 3. The second-order valence-corrected chi connectivity index (χ2v) is 4.26. The van der Waals surface area contributed by atoms with Crippen LogP contribution in [0.3, 0.4) is 0 Å². The number of guanidine groups is 1. The molecule has 0 aliphatic carbocycles. The van der Waals surface area contributed by atoms with Crippen LogP contribution in [-0.2, 0) is 0 Å². The molecule has 0 spiro atoms. The van der Waals surface area contributed by atoms with Gasteiger partial charge in [-0.15, -0.1) is 21.5 Å². The largest absolute Gasteiger partial charge is 0.369 e. The molecule has 4 N–H and O–H groups in total. The Balaban J connectivity index is 2.46. The molecule has 4 nitrogen and oxygen atoms in total. The minimum absolute atomic E-state index is 0.0463. The van der Waals surface area contributed by atoms with Crippen LogP contribution in [0.25, 0.3) is 0 Å². The van der Waals surface area contributed by atoms with E-state index in [4.69, 9.17) is 11.5 Å². The van der Waals surface area contributed by atoms with Crippen molar-refractivity contribution in [2.45, 2.75) is 0 Å². The number of hydrogen-bond donors (Lipinski definition) is 2. The summed E-state index contributed by atoms with van der Waals surface area (Å²) in [6.45, 7) is 0. The van der Waals surface area contributed by atoms with E-state index in [-0.39, 0.29) is 5.96 Å². The summed E-state index contributed by atoms with van der Waals surface area (Å²) in [5, 5.41) is 9.81. The minimum atomic E-state index is -0.0463. The molecule has 0 radical (unpaired) electrons. The molecule has 0 saturated heterocycles. The van der Waals surface area contributed by atoms with Gasteiger partial charge in [-0.05, 0) is 11.4 Å². The SMILES string of the molecule is NC(N)=NN=C(c1ccccc1)c1cccs1. The lowest BCUT2D eigenvalue weighted by molar-refractivity contribution is 1.20. The Morgan fingerprint density at radius 1 is 0.941 bits per heavy atom. The maximum atomic E-state index is 5.30. The summed E-state index contributed by atoms with van der Waals surface area (Å²) in [5.74, 6) is -0.0463. The zero-order valence-corrected chi connectivity index (χ0v) is 9.89. The number of thiophene rings is 1. The van der Waals surface area contributed by atoms with Gasteiger partial charge in [0.15, 0.2) is 0 Å². The van der Waals surface area contributed by atoms with Crippen LogP contribution in [0, 0.1) is 0 Å². The molecule has 0 aliphatic rings. The Morgan fingerprint density at radius 3 is 2.29 bits per heavy atom. The zero-order valence-electron chi connectivity index (χ0n) is 9.08. The Bertz CT molecular complexity index is 525. The standard InChI is InChI=1S/C12H12N4S/c13-12(14)16-15-11(10-7-4-8-17-10)9-5-2-1-3-6-9/h1-8H,(H4,13,14,16). The van der Waals surface area contributed by atoms with Gasteiger partial charge < -0.3 is 11.5 Å². The molecular formula is C12H12N4S. The molecule has 1 aromatic heterocycles. The van der Waals surface area contributed by atoms with Crippen LogP contribution in [-0.4, -0.2) is 11.7 Å². The summed E-state index contributed by atoms with van der Waals surface area (Å²) in [5.41, 5.74) is 12.4. The summed E-state index contributed by atoms with van der Waals surface area (Å²) in [6, 6.07) is 13.8. The van der Waals surface area contributed by atoms with Gasteiger partial charge in [0.25, 0.3) is 0 Å². The minimum Gasteiger partial charge on any atom is -0.369 e. The lowest BCUT2D eigenvalue weighted by Gasteiger charge is -2.01. The Morgan fingerprint density at radius 2 is 1.71 bits per heavy atom. The van der Waals surface area contributed by atoms with Crippen LogP contribution < -0.4 is 11.5 Å². The summed E-state index contributed by atoms with van der Waals surface area (Å²) in [7, 11) is 0. The van der Waals surface area contributed by atoms with Crippen molar-refractivity contribution < 1.29 is 0 Å². The van der Waals surface area contributed by atoms with Gasteiger partial charge in [0.2, 0.25) is 5.96 Å². The van der Waals surface area contributed by atoms with Gasteiger partial charge in [-0.2, -0.15) is 0 Å². The van der Waals surface area contributed by atoms with Crippen LogP contribution in [0.5, 0.6) is 0 Å². The molecule has 0 bridgehead atoms. The van der Waals surface area contributed by atoms with Crippen molar-refractivity contribution in [2.24, 2.45) is 21.7 Å². The van der Waals surface area contributed by atoms with Crippen molar-refractivity contribution >= 4 is 23.0 Å². The highest BCUT2D eigenvalue weighted by Gasteiger charge is 2.07. The van der Waals surface area contributed by atoms with E-state index in [1.54, 1.807) is 11.3 Å². The predicted octanol–water partition coefficient (Wildman–Crippen LogP) is 1.77. The molecule has 5 heteroatoms. The maximum absolute atomic E-state index is 5.30. The zero-order chi connectivity index (χ0) is 12.1. The average molecular weight is 244 g/mol. The molecule has 0 amide bonds.